The summed E-state index contributed by atoms with van der Waals surface area (Å²) in [4.78, 5) is 13.0. The first kappa shape index (κ1) is 14.5. The van der Waals surface area contributed by atoms with Gasteiger partial charge in [-0.05, 0) is 5.53 Å². The monoisotopic (exact) mass is 209 g/mol. The molecule has 1 amide bonds. The summed E-state index contributed by atoms with van der Waals surface area (Å²) in [5, 5.41) is 3.24. The summed E-state index contributed by atoms with van der Waals surface area (Å²) in [6.07, 6.45) is 0.215. The number of carbonyl (C=O) groups excluding carboxylic acids is 1. The predicted octanol–water partition coefficient (Wildman–Crippen LogP) is 0.115. The second-order valence-corrected chi connectivity index (χ2v) is 1.88. The molecule has 3 N–H and O–H groups in total. The van der Waals surface area contributed by atoms with Crippen molar-refractivity contribution in [3.05, 3.63) is 10.4 Å². The third kappa shape index (κ3) is 11.0. The Hall–Kier alpha value is -1.01. The molecule has 0 rings (SSSR count). The van der Waals surface area contributed by atoms with Crippen molar-refractivity contribution in [3.63, 3.8) is 0 Å². The molecule has 0 aliphatic heterocycles. The summed E-state index contributed by atoms with van der Waals surface area (Å²) in [6, 6.07) is 0. The Morgan fingerprint density at radius 2 is 2.31 bits per heavy atom. The molecule has 0 saturated carbocycles. The molecule has 0 heterocycles. The van der Waals surface area contributed by atoms with Crippen LogP contribution >= 0.6 is 12.4 Å². The second kappa shape index (κ2) is 11.0. The average molecular weight is 210 g/mol. The van der Waals surface area contributed by atoms with Crippen molar-refractivity contribution in [3.8, 4) is 0 Å². The first-order valence-electron chi connectivity index (χ1n) is 3.39. The molecule has 0 radical (unpaired) electrons. The Morgan fingerprint density at radius 3 is 2.85 bits per heavy atom. The topological polar surface area (TPSA) is 113 Å². The highest BCUT2D eigenvalue weighted by molar-refractivity contribution is 5.85. The van der Waals surface area contributed by atoms with E-state index >= 15 is 0 Å². The lowest BCUT2D eigenvalue weighted by atomic mass is 10.4. The number of azide groups is 1. The van der Waals surface area contributed by atoms with E-state index in [2.05, 4.69) is 10.0 Å². The van der Waals surface area contributed by atoms with Crippen LogP contribution in [0.2, 0.25) is 0 Å². The summed E-state index contributed by atoms with van der Waals surface area (Å²) < 4.78 is 4.93. The Balaban J connectivity index is 0. The number of carbonyl (C=O) groups is 1. The van der Waals surface area contributed by atoms with Gasteiger partial charge in [0.25, 0.3) is 0 Å². The number of hydrogen-bond acceptors (Lipinski definition) is 4. The lowest BCUT2D eigenvalue weighted by Gasteiger charge is -2.00. The molecule has 76 valence electrons. The molecule has 0 aromatic carbocycles. The van der Waals surface area contributed by atoms with E-state index in [-0.39, 0.29) is 37.9 Å². The largest absolute Gasteiger partial charge is 0.381 e. The van der Waals surface area contributed by atoms with E-state index in [1.54, 1.807) is 0 Å². The van der Waals surface area contributed by atoms with Crippen molar-refractivity contribution in [2.75, 3.05) is 19.8 Å². The van der Waals surface area contributed by atoms with Gasteiger partial charge in [0, 0.05) is 11.5 Å². The zero-order valence-corrected chi connectivity index (χ0v) is 7.79. The van der Waals surface area contributed by atoms with Crippen LogP contribution in [0.15, 0.2) is 5.11 Å². The Bertz CT molecular complexity index is 182. The Labute approximate surface area is 81.6 Å². The minimum Gasteiger partial charge on any atom is -0.381 e. The quantitative estimate of drug-likeness (QED) is 0.123. The van der Waals surface area contributed by atoms with Gasteiger partial charge in [0.15, 0.2) is 0 Å². The number of ether oxygens (including phenoxy) is 1. The molecule has 0 aromatic heterocycles. The summed E-state index contributed by atoms with van der Waals surface area (Å²) >= 11 is 0. The first-order chi connectivity index (χ1) is 5.81. The molecule has 0 fully saturated rings. The summed E-state index contributed by atoms with van der Waals surface area (Å²) in [5.41, 5.74) is 9.84. The van der Waals surface area contributed by atoms with Gasteiger partial charge < -0.3 is 4.74 Å². The van der Waals surface area contributed by atoms with E-state index in [9.17, 15) is 4.79 Å². The van der Waals surface area contributed by atoms with Crippen molar-refractivity contribution in [1.29, 1.82) is 0 Å². The van der Waals surface area contributed by atoms with E-state index < -0.39 is 0 Å². The third-order valence-electron chi connectivity index (χ3n) is 1.03. The van der Waals surface area contributed by atoms with E-state index in [0.29, 0.717) is 6.61 Å². The van der Waals surface area contributed by atoms with Gasteiger partial charge in [0.1, 0.15) is 0 Å². The van der Waals surface area contributed by atoms with Crippen LogP contribution in [0.3, 0.4) is 0 Å². The summed E-state index contributed by atoms with van der Waals surface area (Å²) in [7, 11) is 0. The van der Waals surface area contributed by atoms with Gasteiger partial charge in [-0.15, -0.1) is 12.4 Å². The van der Waals surface area contributed by atoms with Crippen LogP contribution in [0.25, 0.3) is 10.4 Å². The summed E-state index contributed by atoms with van der Waals surface area (Å²) in [5.74, 6) is 4.53. The highest BCUT2D eigenvalue weighted by atomic mass is 35.5. The van der Waals surface area contributed by atoms with Gasteiger partial charge in [-0.2, -0.15) is 0 Å². The molecule has 0 spiro atoms. The van der Waals surface area contributed by atoms with Gasteiger partial charge in [-0.1, -0.05) is 5.11 Å². The van der Waals surface area contributed by atoms with Gasteiger partial charge in [0.2, 0.25) is 5.91 Å². The number of hydrogen-bond donors (Lipinski definition) is 2. The van der Waals surface area contributed by atoms with Gasteiger partial charge in [-0.25, -0.2) is 5.84 Å². The molecule has 0 saturated heterocycles. The molecule has 0 aromatic rings. The standard InChI is InChI=1S/C5H11N5O2.ClH/c6-9-5(11)1-3-12-4-2-8-10-7;/h1-4,6H2,(H,9,11);1H. The molecule has 0 aliphatic rings. The lowest BCUT2D eigenvalue weighted by Crippen LogP contribution is -2.30. The van der Waals surface area contributed by atoms with Crippen LogP contribution in [-0.2, 0) is 9.53 Å². The normalized spacial score (nSPS) is 8.08. The van der Waals surface area contributed by atoms with E-state index in [4.69, 9.17) is 16.1 Å². The minimum atomic E-state index is -0.279. The molecule has 0 aliphatic carbocycles. The number of amides is 1. The maximum absolute atomic E-state index is 10.5. The van der Waals surface area contributed by atoms with Crippen LogP contribution in [0.5, 0.6) is 0 Å². The van der Waals surface area contributed by atoms with Crippen molar-refractivity contribution in [2.24, 2.45) is 11.0 Å². The fourth-order valence-corrected chi connectivity index (χ4v) is 0.489. The molecule has 13 heavy (non-hydrogen) atoms. The highest BCUT2D eigenvalue weighted by Gasteiger charge is 1.96. The number of nitrogens with zero attached hydrogens (tertiary/aromatic N) is 3. The third-order valence-corrected chi connectivity index (χ3v) is 1.03. The molecule has 0 atom stereocenters. The maximum atomic E-state index is 10.5. The van der Waals surface area contributed by atoms with Gasteiger partial charge in [-0.3, -0.25) is 10.2 Å². The number of halogens is 1. The van der Waals surface area contributed by atoms with E-state index in [1.165, 1.54) is 0 Å². The lowest BCUT2D eigenvalue weighted by molar-refractivity contribution is -0.122. The van der Waals surface area contributed by atoms with Crippen molar-refractivity contribution in [1.82, 2.24) is 5.43 Å². The molecular weight excluding hydrogens is 198 g/mol. The van der Waals surface area contributed by atoms with Crippen molar-refractivity contribution >= 4 is 18.3 Å². The SMILES string of the molecule is Cl.[N-]=[N+]=NCCOCCC(=O)NN. The fourth-order valence-electron chi connectivity index (χ4n) is 0.489. The number of rotatable bonds is 6. The summed E-state index contributed by atoms with van der Waals surface area (Å²) in [6.45, 7) is 0.882. The molecular formula is C5H12ClN5O2. The van der Waals surface area contributed by atoms with Gasteiger partial charge in [0.05, 0.1) is 19.6 Å². The number of nitrogens with two attached hydrogens (primary N) is 1. The number of nitrogens with one attached hydrogen (secondary N) is 1. The zero-order valence-electron chi connectivity index (χ0n) is 6.97. The minimum absolute atomic E-state index is 0. The van der Waals surface area contributed by atoms with Crippen LogP contribution in [0.1, 0.15) is 6.42 Å². The van der Waals surface area contributed by atoms with Crippen LogP contribution in [0.4, 0.5) is 0 Å². The average Bonchev–Trinajstić information content (AvgIpc) is 2.10. The molecule has 7 nitrogen and oxygen atoms in total. The number of hydrazine groups is 1. The van der Waals surface area contributed by atoms with E-state index in [1.807, 2.05) is 5.43 Å². The Kier molecular flexibility index (Phi) is 12.3. The van der Waals surface area contributed by atoms with Crippen LogP contribution in [-0.4, -0.2) is 25.7 Å². The smallest absolute Gasteiger partial charge is 0.236 e. The fraction of sp³-hybridized carbons (Fsp3) is 0.800. The molecule has 0 bridgehead atoms. The molecule has 8 heteroatoms. The highest BCUT2D eigenvalue weighted by Crippen LogP contribution is 1.82. The second-order valence-electron chi connectivity index (χ2n) is 1.88. The van der Waals surface area contributed by atoms with Crippen molar-refractivity contribution in [2.45, 2.75) is 6.42 Å². The maximum Gasteiger partial charge on any atom is 0.236 e. The Morgan fingerprint density at radius 1 is 1.62 bits per heavy atom. The van der Waals surface area contributed by atoms with Crippen molar-refractivity contribution < 1.29 is 9.53 Å². The van der Waals surface area contributed by atoms with Crippen LogP contribution in [0, 0.1) is 0 Å². The predicted molar refractivity (Wildman–Crippen MR) is 49.0 cm³/mol. The molecule has 0 unspecified atom stereocenters. The van der Waals surface area contributed by atoms with E-state index in [0.717, 1.165) is 0 Å². The van der Waals surface area contributed by atoms with Crippen LogP contribution < -0.4 is 11.3 Å². The zero-order chi connectivity index (χ0) is 9.23. The first-order valence-corrected chi connectivity index (χ1v) is 3.39. The van der Waals surface area contributed by atoms with Gasteiger partial charge >= 0.3 is 0 Å².